The Morgan fingerprint density at radius 1 is 0.932 bits per heavy atom. The van der Waals surface area contributed by atoms with E-state index < -0.39 is 66.4 Å². The van der Waals surface area contributed by atoms with Crippen molar-refractivity contribution in [3.05, 3.63) is 0 Å². The van der Waals surface area contributed by atoms with Crippen molar-refractivity contribution in [2.45, 2.75) is 89.0 Å². The van der Waals surface area contributed by atoms with E-state index in [4.69, 9.17) is 17.2 Å². The fourth-order valence-corrected chi connectivity index (χ4v) is 5.62. The van der Waals surface area contributed by atoms with E-state index in [-0.39, 0.29) is 43.0 Å². The van der Waals surface area contributed by atoms with Crippen molar-refractivity contribution in [2.24, 2.45) is 28.1 Å². The van der Waals surface area contributed by atoms with Gasteiger partial charge in [0, 0.05) is 25.4 Å². The van der Waals surface area contributed by atoms with E-state index in [2.05, 4.69) is 33.6 Å². The zero-order valence-electron chi connectivity index (χ0n) is 25.4. The van der Waals surface area contributed by atoms with Gasteiger partial charge in [0.15, 0.2) is 5.96 Å². The smallest absolute Gasteiger partial charge is 0.326 e. The second-order valence-electron chi connectivity index (χ2n) is 11.5. The van der Waals surface area contributed by atoms with Crippen LogP contribution in [0.3, 0.4) is 0 Å². The van der Waals surface area contributed by atoms with Crippen molar-refractivity contribution >= 4 is 54.1 Å². The molecule has 17 heteroatoms. The molecule has 0 aromatic heterocycles. The number of guanidine groups is 1. The summed E-state index contributed by atoms with van der Waals surface area (Å²) in [6.07, 6.45) is 2.79. The first kappa shape index (κ1) is 36.6. The number of nitrogens with two attached hydrogens (primary N) is 3. The van der Waals surface area contributed by atoms with Crippen molar-refractivity contribution in [1.29, 1.82) is 0 Å². The molecule has 0 radical (unpaired) electrons. The number of aliphatic imine (C=N–C) groups is 1. The van der Waals surface area contributed by atoms with Gasteiger partial charge in [0.2, 0.25) is 29.5 Å². The van der Waals surface area contributed by atoms with Crippen LogP contribution < -0.4 is 33.2 Å². The van der Waals surface area contributed by atoms with Crippen LogP contribution in [-0.4, -0.2) is 119 Å². The zero-order valence-corrected chi connectivity index (χ0v) is 26.3. The first-order valence-electron chi connectivity index (χ1n) is 14.9. The minimum Gasteiger partial charge on any atom is -0.480 e. The quantitative estimate of drug-likeness (QED) is 0.0380. The molecule has 16 nitrogen and oxygen atoms in total. The van der Waals surface area contributed by atoms with Crippen LogP contribution in [0.5, 0.6) is 0 Å². The molecule has 0 spiro atoms. The molecule has 2 saturated heterocycles. The molecule has 0 saturated carbocycles. The van der Waals surface area contributed by atoms with Crippen LogP contribution in [0.1, 0.15) is 58.8 Å². The molecule has 2 fully saturated rings. The van der Waals surface area contributed by atoms with Crippen LogP contribution in [0.4, 0.5) is 0 Å². The molecule has 248 valence electrons. The number of hydrogen-bond donors (Lipinski definition) is 8. The molecule has 0 bridgehead atoms. The van der Waals surface area contributed by atoms with Crippen LogP contribution in [0.2, 0.25) is 0 Å². The highest BCUT2D eigenvalue weighted by atomic mass is 32.1. The average Bonchev–Trinajstić information content (AvgIpc) is 3.65. The van der Waals surface area contributed by atoms with Crippen molar-refractivity contribution in [2.75, 3.05) is 31.9 Å². The SMILES string of the molecule is CC(C)C[C@H](N)C(=O)N1CCC[C@H]1C(=O)NCC(=O)N[C@@H](CS)C(=O)N1CCC[C@H]1C(=O)N[C@@H](CCCN=C(N)N)C(=O)O. The summed E-state index contributed by atoms with van der Waals surface area (Å²) < 4.78 is 0. The molecule has 0 aliphatic carbocycles. The summed E-state index contributed by atoms with van der Waals surface area (Å²) in [6.45, 7) is 4.32. The van der Waals surface area contributed by atoms with Gasteiger partial charge in [0.05, 0.1) is 12.6 Å². The maximum atomic E-state index is 13.3. The molecule has 5 atom stereocenters. The second kappa shape index (κ2) is 17.6. The highest BCUT2D eigenvalue weighted by Gasteiger charge is 2.39. The Kier molecular flexibility index (Phi) is 14.7. The Balaban J connectivity index is 1.92. The molecule has 0 unspecified atom stereocenters. The number of thiol groups is 1. The van der Waals surface area contributed by atoms with E-state index >= 15 is 0 Å². The molecular weight excluding hydrogens is 594 g/mol. The van der Waals surface area contributed by atoms with Crippen LogP contribution in [0.15, 0.2) is 4.99 Å². The Labute approximate surface area is 262 Å². The zero-order chi connectivity index (χ0) is 33.0. The topological polar surface area (TPSA) is 256 Å². The molecule has 0 aromatic rings. The Bertz CT molecular complexity index is 1090. The number of likely N-dealkylation sites (tertiary alicyclic amines) is 2. The summed E-state index contributed by atoms with van der Waals surface area (Å²) in [5.41, 5.74) is 16.6. The van der Waals surface area contributed by atoms with Gasteiger partial charge in [-0.05, 0) is 50.9 Å². The van der Waals surface area contributed by atoms with Gasteiger partial charge >= 0.3 is 5.97 Å². The normalized spacial score (nSPS) is 20.0. The third kappa shape index (κ3) is 10.8. The molecule has 0 aromatic carbocycles. The largest absolute Gasteiger partial charge is 0.480 e. The number of carbonyl (C=O) groups excluding carboxylic acids is 5. The number of hydrogen-bond acceptors (Lipinski definition) is 9. The van der Waals surface area contributed by atoms with Crippen molar-refractivity contribution in [1.82, 2.24) is 25.8 Å². The molecule has 2 aliphatic heterocycles. The average molecular weight is 642 g/mol. The fourth-order valence-electron chi connectivity index (χ4n) is 5.37. The van der Waals surface area contributed by atoms with Crippen molar-refractivity contribution in [3.63, 3.8) is 0 Å². The Hall–Kier alpha value is -3.60. The number of nitrogens with zero attached hydrogens (tertiary/aromatic N) is 3. The van der Waals surface area contributed by atoms with Crippen LogP contribution in [-0.2, 0) is 28.8 Å². The van der Waals surface area contributed by atoms with Crippen molar-refractivity contribution < 1.29 is 33.9 Å². The molecule has 2 aliphatic rings. The minimum atomic E-state index is -1.23. The first-order chi connectivity index (χ1) is 20.8. The van der Waals surface area contributed by atoms with Gasteiger partial charge in [-0.3, -0.25) is 29.0 Å². The molecule has 10 N–H and O–H groups in total. The Morgan fingerprint density at radius 2 is 1.52 bits per heavy atom. The summed E-state index contributed by atoms with van der Waals surface area (Å²) in [5, 5.41) is 17.1. The van der Waals surface area contributed by atoms with Gasteiger partial charge in [-0.25, -0.2) is 4.79 Å². The molecule has 5 amide bonds. The number of rotatable bonds is 16. The van der Waals surface area contributed by atoms with Gasteiger partial charge in [-0.15, -0.1) is 0 Å². The van der Waals surface area contributed by atoms with E-state index in [1.165, 1.54) is 9.80 Å². The summed E-state index contributed by atoms with van der Waals surface area (Å²) in [7, 11) is 0. The number of carboxylic acids is 1. The maximum absolute atomic E-state index is 13.3. The number of carboxylic acid groups (broad SMARTS) is 1. The van der Waals surface area contributed by atoms with E-state index in [1.54, 1.807) is 0 Å². The molecule has 44 heavy (non-hydrogen) atoms. The fraction of sp³-hybridized carbons (Fsp3) is 0.741. The molecule has 2 rings (SSSR count). The van der Waals surface area contributed by atoms with E-state index in [0.29, 0.717) is 45.1 Å². The third-order valence-corrected chi connectivity index (χ3v) is 7.88. The van der Waals surface area contributed by atoms with E-state index in [1.807, 2.05) is 13.8 Å². The highest BCUT2D eigenvalue weighted by molar-refractivity contribution is 7.80. The predicted molar refractivity (Wildman–Crippen MR) is 165 cm³/mol. The first-order valence-corrected chi connectivity index (χ1v) is 15.5. The summed E-state index contributed by atoms with van der Waals surface area (Å²) in [5.74, 6) is -3.82. The maximum Gasteiger partial charge on any atom is 0.326 e. The minimum absolute atomic E-state index is 0.0788. The number of aliphatic carboxylic acids is 1. The van der Waals surface area contributed by atoms with Gasteiger partial charge in [-0.2, -0.15) is 12.6 Å². The van der Waals surface area contributed by atoms with Gasteiger partial charge in [0.1, 0.15) is 24.2 Å². The lowest BCUT2D eigenvalue weighted by molar-refractivity contribution is -0.144. The number of amides is 5. The lowest BCUT2D eigenvalue weighted by Gasteiger charge is -2.29. The monoisotopic (exact) mass is 641 g/mol. The van der Waals surface area contributed by atoms with Crippen LogP contribution >= 0.6 is 12.6 Å². The van der Waals surface area contributed by atoms with Gasteiger partial charge < -0.3 is 48.1 Å². The van der Waals surface area contributed by atoms with Crippen LogP contribution in [0.25, 0.3) is 0 Å². The second-order valence-corrected chi connectivity index (χ2v) is 11.8. The summed E-state index contributed by atoms with van der Waals surface area (Å²) in [4.78, 5) is 82.9. The predicted octanol–water partition coefficient (Wildman–Crippen LogP) is -2.50. The van der Waals surface area contributed by atoms with Crippen molar-refractivity contribution in [3.8, 4) is 0 Å². The molecule has 2 heterocycles. The van der Waals surface area contributed by atoms with E-state index in [9.17, 15) is 33.9 Å². The Morgan fingerprint density at radius 3 is 2.07 bits per heavy atom. The van der Waals surface area contributed by atoms with Crippen LogP contribution in [0, 0.1) is 5.92 Å². The lowest BCUT2D eigenvalue weighted by Crippen LogP contribution is -2.57. The van der Waals surface area contributed by atoms with E-state index in [0.717, 1.165) is 0 Å². The highest BCUT2D eigenvalue weighted by Crippen LogP contribution is 2.21. The number of nitrogens with one attached hydrogen (secondary N) is 3. The molecular formula is C27H47N9O7S. The standard InChI is InChI=1S/C27H47N9O7S/c1-15(2)12-16(28)24(40)35-10-4-7-19(35)22(38)32-13-21(37)33-18(14-44)25(41)36-11-5-8-20(36)23(39)34-17(26(42)43)6-3-9-31-27(29)30/h15-20,44H,3-14,28H2,1-2H3,(H,32,38)(H,33,37)(H,34,39)(H,42,43)(H4,29,30,31)/t16-,17-,18-,19-,20-/m0/s1. The summed E-state index contributed by atoms with van der Waals surface area (Å²) >= 11 is 4.19. The van der Waals surface area contributed by atoms with Gasteiger partial charge in [-0.1, -0.05) is 13.8 Å². The van der Waals surface area contributed by atoms with Gasteiger partial charge in [0.25, 0.3) is 0 Å². The summed E-state index contributed by atoms with van der Waals surface area (Å²) in [6, 6.07) is -4.66. The lowest BCUT2D eigenvalue weighted by atomic mass is 10.0. The third-order valence-electron chi connectivity index (χ3n) is 7.52. The number of carbonyl (C=O) groups is 6.